The second-order valence-corrected chi connectivity index (χ2v) is 9.07. The molecule has 0 unspecified atom stereocenters. The lowest BCUT2D eigenvalue weighted by molar-refractivity contribution is -0.143. The topological polar surface area (TPSA) is 228 Å². The number of nitrogens with two attached hydrogens (primary N) is 2. The molecule has 2 amide bonds. The van der Waals surface area contributed by atoms with Gasteiger partial charge in [-0.2, -0.15) is 9.97 Å². The number of amides is 2. The Hall–Kier alpha value is -5.53. The Labute approximate surface area is 233 Å². The number of aromatic nitrogens is 4. The maximum atomic E-state index is 12.8. The van der Waals surface area contributed by atoms with Crippen molar-refractivity contribution >= 4 is 52.4 Å². The fourth-order valence-electron chi connectivity index (χ4n) is 4.15. The Bertz CT molecular complexity index is 1580. The van der Waals surface area contributed by atoms with Crippen LogP contribution in [0, 0.1) is 0 Å². The molecule has 212 valence electrons. The van der Waals surface area contributed by atoms with Gasteiger partial charge >= 0.3 is 11.9 Å². The fraction of sp³-hybridized carbons (Fsp3) is 0.222. The van der Waals surface area contributed by atoms with Crippen LogP contribution in [0.1, 0.15) is 44.7 Å². The average Bonchev–Trinajstić information content (AvgIpc) is 3.37. The molecule has 0 saturated carbocycles. The number of esters is 1. The van der Waals surface area contributed by atoms with E-state index in [1.54, 1.807) is 12.1 Å². The van der Waals surface area contributed by atoms with Crippen LogP contribution in [0.4, 0.5) is 17.6 Å². The van der Waals surface area contributed by atoms with Crippen molar-refractivity contribution in [1.82, 2.24) is 25.3 Å². The van der Waals surface area contributed by atoms with Crippen LogP contribution in [0.25, 0.3) is 11.0 Å². The summed E-state index contributed by atoms with van der Waals surface area (Å²) in [6.07, 6.45) is 4.08. The van der Waals surface area contributed by atoms with Crippen LogP contribution in [0.3, 0.4) is 0 Å². The van der Waals surface area contributed by atoms with Gasteiger partial charge in [0.25, 0.3) is 5.91 Å². The van der Waals surface area contributed by atoms with E-state index in [1.165, 1.54) is 19.2 Å². The molecule has 3 heterocycles. The first-order valence-electron chi connectivity index (χ1n) is 12.5. The lowest BCUT2D eigenvalue weighted by Gasteiger charge is -2.16. The summed E-state index contributed by atoms with van der Waals surface area (Å²) in [6, 6.07) is 8.50. The Balaban J connectivity index is 1.32. The Morgan fingerprint density at radius 2 is 1.76 bits per heavy atom. The predicted molar refractivity (Wildman–Crippen MR) is 149 cm³/mol. The monoisotopic (exact) mass is 560 g/mol. The standard InChI is InChI=1S/C27H28N8O6/c1-41-26(40)18(9-11-20(36)33-19-10-8-17(13-30-19)25(38)39)32-24(37)15-5-2-14(3-6-15)4-7-16-12-31-23-21(16)22(28)34-27(29)35-23/h2-3,5-6,8,10,12-13,18H,4,7,9,11H2,1H3,(H,32,37)(H,38,39)(H,30,33,36)(H5,28,29,31,34,35)/t18-/m0/s1. The minimum absolute atomic E-state index is 0.0231. The molecule has 0 fully saturated rings. The first kappa shape index (κ1) is 28.5. The highest BCUT2D eigenvalue weighted by Crippen LogP contribution is 2.24. The number of carboxylic acid groups (broad SMARTS) is 1. The van der Waals surface area contributed by atoms with Crippen LogP contribution in [0.15, 0.2) is 48.8 Å². The molecule has 0 saturated heterocycles. The van der Waals surface area contributed by atoms with Gasteiger partial charge in [-0.3, -0.25) is 9.59 Å². The third kappa shape index (κ3) is 7.11. The van der Waals surface area contributed by atoms with Crippen LogP contribution in [0.5, 0.6) is 0 Å². The number of hydrogen-bond donors (Lipinski definition) is 6. The van der Waals surface area contributed by atoms with Crippen molar-refractivity contribution in [3.8, 4) is 0 Å². The van der Waals surface area contributed by atoms with E-state index in [0.29, 0.717) is 29.9 Å². The van der Waals surface area contributed by atoms with Crippen LogP contribution >= 0.6 is 0 Å². The van der Waals surface area contributed by atoms with Gasteiger partial charge in [0.15, 0.2) is 0 Å². The number of carbonyl (C=O) groups is 4. The molecule has 0 aliphatic heterocycles. The number of ether oxygens (including phenoxy) is 1. The van der Waals surface area contributed by atoms with Gasteiger partial charge in [0.1, 0.15) is 23.3 Å². The van der Waals surface area contributed by atoms with Gasteiger partial charge in [-0.15, -0.1) is 0 Å². The fourth-order valence-corrected chi connectivity index (χ4v) is 4.15. The number of fused-ring (bicyclic) bond motifs is 1. The molecule has 1 aromatic carbocycles. The first-order valence-corrected chi connectivity index (χ1v) is 12.5. The van der Waals surface area contributed by atoms with E-state index in [2.05, 4.69) is 30.6 Å². The highest BCUT2D eigenvalue weighted by molar-refractivity contribution is 5.97. The SMILES string of the molecule is COC(=O)[C@H](CCC(=O)Nc1ccc(C(=O)O)cn1)NC(=O)c1ccc(CCc2c[nH]c3nc(N)nc(N)c23)cc1. The Morgan fingerprint density at radius 1 is 1.02 bits per heavy atom. The van der Waals surface area contributed by atoms with Gasteiger partial charge in [-0.05, 0) is 54.7 Å². The third-order valence-electron chi connectivity index (χ3n) is 6.29. The number of nitrogens with zero attached hydrogens (tertiary/aromatic N) is 3. The summed E-state index contributed by atoms with van der Waals surface area (Å²) >= 11 is 0. The highest BCUT2D eigenvalue weighted by atomic mass is 16.5. The van der Waals surface area contributed by atoms with Crippen LogP contribution in [0.2, 0.25) is 0 Å². The Morgan fingerprint density at radius 3 is 2.41 bits per heavy atom. The molecule has 41 heavy (non-hydrogen) atoms. The summed E-state index contributed by atoms with van der Waals surface area (Å²) in [5, 5.41) is 14.8. The molecule has 0 radical (unpaired) electrons. The average molecular weight is 561 g/mol. The molecule has 0 bridgehead atoms. The molecule has 0 aliphatic rings. The zero-order valence-electron chi connectivity index (χ0n) is 22.0. The molecule has 0 spiro atoms. The number of aryl methyl sites for hydroxylation is 2. The number of hydrogen-bond acceptors (Lipinski definition) is 10. The number of rotatable bonds is 11. The van der Waals surface area contributed by atoms with Crippen molar-refractivity contribution in [3.63, 3.8) is 0 Å². The van der Waals surface area contributed by atoms with Gasteiger partial charge in [0.2, 0.25) is 11.9 Å². The zero-order valence-corrected chi connectivity index (χ0v) is 22.0. The maximum Gasteiger partial charge on any atom is 0.337 e. The lowest BCUT2D eigenvalue weighted by atomic mass is 10.0. The van der Waals surface area contributed by atoms with Crippen molar-refractivity contribution in [2.24, 2.45) is 0 Å². The summed E-state index contributed by atoms with van der Waals surface area (Å²) in [4.78, 5) is 63.5. The summed E-state index contributed by atoms with van der Waals surface area (Å²) in [5.74, 6) is -2.26. The van der Waals surface area contributed by atoms with Crippen molar-refractivity contribution in [2.75, 3.05) is 23.9 Å². The zero-order chi connectivity index (χ0) is 29.5. The molecule has 3 aromatic heterocycles. The van der Waals surface area contributed by atoms with E-state index in [4.69, 9.17) is 21.3 Å². The van der Waals surface area contributed by atoms with Crippen LogP contribution < -0.4 is 22.1 Å². The number of nitrogen functional groups attached to an aromatic ring is 2. The van der Waals surface area contributed by atoms with Crippen molar-refractivity contribution < 1.29 is 29.0 Å². The number of nitrogens with one attached hydrogen (secondary N) is 3. The number of anilines is 3. The second kappa shape index (κ2) is 12.5. The third-order valence-corrected chi connectivity index (χ3v) is 6.29. The minimum Gasteiger partial charge on any atom is -0.478 e. The van der Waals surface area contributed by atoms with Crippen molar-refractivity contribution in [1.29, 1.82) is 0 Å². The van der Waals surface area contributed by atoms with Crippen LogP contribution in [-0.2, 0) is 27.2 Å². The smallest absolute Gasteiger partial charge is 0.337 e. The largest absolute Gasteiger partial charge is 0.478 e. The molecule has 1 atom stereocenters. The van der Waals surface area contributed by atoms with Gasteiger partial charge < -0.3 is 36.9 Å². The van der Waals surface area contributed by atoms with Gasteiger partial charge in [-0.1, -0.05) is 12.1 Å². The lowest BCUT2D eigenvalue weighted by Crippen LogP contribution is -2.42. The van der Waals surface area contributed by atoms with E-state index in [0.717, 1.165) is 22.7 Å². The summed E-state index contributed by atoms with van der Waals surface area (Å²) in [7, 11) is 1.19. The van der Waals surface area contributed by atoms with E-state index < -0.39 is 29.8 Å². The molecular weight excluding hydrogens is 532 g/mol. The number of carboxylic acids is 1. The molecule has 14 nitrogen and oxygen atoms in total. The molecule has 4 aromatic rings. The maximum absolute atomic E-state index is 12.8. The van der Waals surface area contributed by atoms with Crippen molar-refractivity contribution in [3.05, 3.63) is 71.0 Å². The van der Waals surface area contributed by atoms with Gasteiger partial charge in [0, 0.05) is 24.4 Å². The first-order chi connectivity index (χ1) is 19.6. The van der Waals surface area contributed by atoms with E-state index in [9.17, 15) is 19.2 Å². The number of carbonyl (C=O) groups excluding carboxylic acids is 3. The van der Waals surface area contributed by atoms with E-state index in [-0.39, 0.29) is 30.2 Å². The number of aromatic carboxylic acids is 1. The summed E-state index contributed by atoms with van der Waals surface area (Å²) in [6.45, 7) is 0. The predicted octanol–water partition coefficient (Wildman–Crippen LogP) is 1.69. The number of pyridine rings is 1. The van der Waals surface area contributed by atoms with Gasteiger partial charge in [0.05, 0.1) is 18.1 Å². The number of aromatic amines is 1. The summed E-state index contributed by atoms with van der Waals surface area (Å²) < 4.78 is 4.79. The molecule has 4 rings (SSSR count). The number of benzene rings is 1. The number of methoxy groups -OCH3 is 1. The van der Waals surface area contributed by atoms with Gasteiger partial charge in [-0.25, -0.2) is 14.6 Å². The molecule has 0 aliphatic carbocycles. The minimum atomic E-state index is -1.14. The molecular formula is C27H28N8O6. The number of H-pyrrole nitrogens is 1. The van der Waals surface area contributed by atoms with E-state index >= 15 is 0 Å². The second-order valence-electron chi connectivity index (χ2n) is 9.07. The normalized spacial score (nSPS) is 11.5. The van der Waals surface area contributed by atoms with Crippen molar-refractivity contribution in [2.45, 2.75) is 31.7 Å². The molecule has 14 heteroatoms. The quantitative estimate of drug-likeness (QED) is 0.145. The van der Waals surface area contributed by atoms with Crippen LogP contribution in [-0.4, -0.2) is 61.9 Å². The Kier molecular flexibility index (Phi) is 8.72. The highest BCUT2D eigenvalue weighted by Gasteiger charge is 2.23. The van der Waals surface area contributed by atoms with E-state index in [1.807, 2.05) is 18.3 Å². The summed E-state index contributed by atoms with van der Waals surface area (Å²) in [5.41, 5.74) is 14.4. The molecule has 8 N–H and O–H groups in total.